The minimum atomic E-state index is -1.74. The molecule has 0 unspecified atom stereocenters. The molecule has 0 saturated heterocycles. The molecule has 1 atom stereocenters. The Morgan fingerprint density at radius 2 is 1.86 bits per heavy atom. The molecule has 0 radical (unpaired) electrons. The molecule has 4 heterocycles. The molecule has 2 aromatic heterocycles. The van der Waals surface area contributed by atoms with E-state index < -0.39 is 17.5 Å². The lowest BCUT2D eigenvalue weighted by molar-refractivity contribution is -0.189. The maximum absolute atomic E-state index is 13.8. The van der Waals surface area contributed by atoms with Crippen molar-refractivity contribution in [2.75, 3.05) is 11.5 Å². The van der Waals surface area contributed by atoms with Gasteiger partial charge in [-0.15, -0.1) is 0 Å². The second-order valence-electron chi connectivity index (χ2n) is 10.8. The van der Waals surface area contributed by atoms with Crippen LogP contribution in [0.5, 0.6) is 5.75 Å². The summed E-state index contributed by atoms with van der Waals surface area (Å²) >= 11 is 0. The average Bonchev–Trinajstić information content (AvgIpc) is 3.33. The van der Waals surface area contributed by atoms with E-state index in [4.69, 9.17) is 14.5 Å². The third-order valence-electron chi connectivity index (χ3n) is 7.95. The zero-order chi connectivity index (χ0) is 30.2. The minimum absolute atomic E-state index is 0.00924. The number of ketones is 1. The summed E-state index contributed by atoms with van der Waals surface area (Å²) in [4.78, 5) is 56.7. The Labute approximate surface area is 251 Å². The molecule has 3 aromatic rings. The number of nitrogens with zero attached hydrogens (tertiary/aromatic N) is 2. The number of fused-ring (bicyclic) bond motifs is 5. The van der Waals surface area contributed by atoms with Crippen LogP contribution in [-0.2, 0) is 49.0 Å². The lowest BCUT2D eigenvalue weighted by Gasteiger charge is -2.35. The van der Waals surface area contributed by atoms with Gasteiger partial charge in [-0.25, -0.2) is 9.78 Å². The molecule has 0 aliphatic carbocycles. The Balaban J connectivity index is 1.44. The SMILES string of the molecule is CCc1c2c(nc3ccc(O)cc13)-c1cc3c(c(=O)n1C2)COC(=O)[C@@]3(CC)OC(=O)CCSSCCC(=O)C(C)C. The van der Waals surface area contributed by atoms with E-state index in [-0.39, 0.29) is 42.5 Å². The fourth-order valence-corrected chi connectivity index (χ4v) is 7.61. The summed E-state index contributed by atoms with van der Waals surface area (Å²) < 4.78 is 13.0. The van der Waals surface area contributed by atoms with Crippen LogP contribution in [0.3, 0.4) is 0 Å². The molecular weight excluding hydrogens is 576 g/mol. The Bertz CT molecular complexity index is 1650. The molecule has 2 aliphatic heterocycles. The summed E-state index contributed by atoms with van der Waals surface area (Å²) in [5, 5.41) is 10.9. The number of aromatic hydroxyl groups is 1. The number of carbonyl (C=O) groups excluding carboxylic acids is 3. The number of Topliss-reactive ketones (excluding diaryl/α,β-unsaturated/α-hetero) is 1. The van der Waals surface area contributed by atoms with E-state index >= 15 is 0 Å². The smallest absolute Gasteiger partial charge is 0.355 e. The largest absolute Gasteiger partial charge is 0.508 e. The quantitative estimate of drug-likeness (QED) is 0.136. The Morgan fingerprint density at radius 1 is 1.12 bits per heavy atom. The molecule has 1 aromatic carbocycles. The summed E-state index contributed by atoms with van der Waals surface area (Å²) in [6.07, 6.45) is 1.32. The first-order valence-electron chi connectivity index (χ1n) is 14.2. The van der Waals surface area contributed by atoms with E-state index in [1.165, 1.54) is 21.6 Å². The van der Waals surface area contributed by atoms with E-state index in [2.05, 4.69) is 0 Å². The molecule has 1 N–H and O–H groups in total. The first-order valence-corrected chi connectivity index (χ1v) is 16.7. The second-order valence-corrected chi connectivity index (χ2v) is 13.5. The van der Waals surface area contributed by atoms with Crippen LogP contribution in [0.4, 0.5) is 0 Å². The van der Waals surface area contributed by atoms with E-state index in [0.717, 1.165) is 16.5 Å². The van der Waals surface area contributed by atoms with Crippen LogP contribution < -0.4 is 5.56 Å². The van der Waals surface area contributed by atoms with Crippen molar-refractivity contribution in [3.05, 3.63) is 56.9 Å². The van der Waals surface area contributed by atoms with Crippen LogP contribution in [0.2, 0.25) is 0 Å². The molecular formula is C31H34N2O7S2. The third kappa shape index (κ3) is 5.32. The van der Waals surface area contributed by atoms with Gasteiger partial charge in [-0.3, -0.25) is 14.4 Å². The van der Waals surface area contributed by atoms with Gasteiger partial charge < -0.3 is 19.1 Å². The fraction of sp³-hybridized carbons (Fsp3) is 0.452. The average molecular weight is 611 g/mol. The number of hydrogen-bond acceptors (Lipinski definition) is 10. The molecule has 0 bridgehead atoms. The summed E-state index contributed by atoms with van der Waals surface area (Å²) in [6, 6.07) is 6.77. The van der Waals surface area contributed by atoms with Gasteiger partial charge in [0.05, 0.1) is 35.4 Å². The van der Waals surface area contributed by atoms with Gasteiger partial charge in [0.25, 0.3) is 5.56 Å². The summed E-state index contributed by atoms with van der Waals surface area (Å²) in [7, 11) is 3.00. The second kappa shape index (κ2) is 12.1. The van der Waals surface area contributed by atoms with Crippen molar-refractivity contribution in [3.8, 4) is 17.1 Å². The standard InChI is InChI=1S/C31H34N2O7S2/c1-5-19-20-13-18(34)7-8-24(20)32-28-21(19)15-33-25(28)14-23-22(29(33)37)16-39-30(38)31(23,6-2)40-27(36)10-12-42-41-11-9-26(35)17(3)4/h7-8,13-14,17,34H,5-6,9-12,15-16H2,1-4H3/t31-/m0/s1. The number of hydrogen-bond donors (Lipinski definition) is 1. The van der Waals surface area contributed by atoms with Crippen molar-refractivity contribution in [3.63, 3.8) is 0 Å². The van der Waals surface area contributed by atoms with E-state index in [9.17, 15) is 24.3 Å². The number of pyridine rings is 2. The molecule has 5 rings (SSSR count). The highest BCUT2D eigenvalue weighted by Crippen LogP contribution is 2.42. The highest BCUT2D eigenvalue weighted by molar-refractivity contribution is 8.76. The van der Waals surface area contributed by atoms with Gasteiger partial charge in [0.15, 0.2) is 0 Å². The molecule has 222 valence electrons. The van der Waals surface area contributed by atoms with Crippen molar-refractivity contribution < 1.29 is 29.0 Å². The molecule has 0 amide bonds. The molecule has 11 heteroatoms. The first-order chi connectivity index (χ1) is 20.1. The lowest BCUT2D eigenvalue weighted by atomic mass is 9.85. The number of rotatable bonds is 11. The monoisotopic (exact) mass is 610 g/mol. The van der Waals surface area contributed by atoms with Crippen molar-refractivity contribution in [1.82, 2.24) is 9.55 Å². The number of aryl methyl sites for hydroxylation is 1. The van der Waals surface area contributed by atoms with Crippen molar-refractivity contribution in [2.24, 2.45) is 5.92 Å². The van der Waals surface area contributed by atoms with Gasteiger partial charge in [0.1, 0.15) is 18.1 Å². The zero-order valence-electron chi connectivity index (χ0n) is 24.2. The number of phenolic OH excluding ortho intramolecular Hbond substituents is 1. The zero-order valence-corrected chi connectivity index (χ0v) is 25.8. The topological polar surface area (TPSA) is 125 Å². The normalized spacial score (nSPS) is 17.1. The highest BCUT2D eigenvalue weighted by Gasteiger charge is 2.50. The van der Waals surface area contributed by atoms with E-state index in [0.29, 0.717) is 58.9 Å². The molecule has 42 heavy (non-hydrogen) atoms. The van der Waals surface area contributed by atoms with Gasteiger partial charge in [-0.05, 0) is 42.7 Å². The summed E-state index contributed by atoms with van der Waals surface area (Å²) in [5.41, 5.74) is 2.38. The number of esters is 2. The van der Waals surface area contributed by atoms with Gasteiger partial charge in [-0.2, -0.15) is 0 Å². The predicted molar refractivity (Wildman–Crippen MR) is 163 cm³/mol. The maximum atomic E-state index is 13.8. The van der Waals surface area contributed by atoms with Gasteiger partial charge in [0.2, 0.25) is 5.60 Å². The van der Waals surface area contributed by atoms with Crippen LogP contribution in [-0.4, -0.2) is 43.9 Å². The van der Waals surface area contributed by atoms with Crippen LogP contribution in [0.15, 0.2) is 29.1 Å². The number of benzene rings is 1. The Hall–Kier alpha value is -3.31. The highest BCUT2D eigenvalue weighted by atomic mass is 33.1. The van der Waals surface area contributed by atoms with Crippen LogP contribution in [0.1, 0.15) is 69.2 Å². The van der Waals surface area contributed by atoms with Gasteiger partial charge in [0, 0.05) is 40.4 Å². The first kappa shape index (κ1) is 30.2. The van der Waals surface area contributed by atoms with Crippen molar-refractivity contribution >= 4 is 50.2 Å². The van der Waals surface area contributed by atoms with Crippen LogP contribution in [0.25, 0.3) is 22.3 Å². The van der Waals surface area contributed by atoms with Crippen molar-refractivity contribution in [1.29, 1.82) is 0 Å². The van der Waals surface area contributed by atoms with Crippen molar-refractivity contribution in [2.45, 2.75) is 72.1 Å². The predicted octanol–water partition coefficient (Wildman–Crippen LogP) is 5.29. The lowest BCUT2D eigenvalue weighted by Crippen LogP contribution is -2.47. The third-order valence-corrected chi connectivity index (χ3v) is 10.4. The molecule has 9 nitrogen and oxygen atoms in total. The van der Waals surface area contributed by atoms with Gasteiger partial charge in [-0.1, -0.05) is 49.3 Å². The van der Waals surface area contributed by atoms with E-state index in [1.807, 2.05) is 20.8 Å². The molecule has 2 aliphatic rings. The van der Waals surface area contributed by atoms with Crippen LogP contribution in [0, 0.1) is 5.92 Å². The number of aromatic nitrogens is 2. The Morgan fingerprint density at radius 3 is 2.55 bits per heavy atom. The Kier molecular flexibility index (Phi) is 8.71. The number of cyclic esters (lactones) is 1. The van der Waals surface area contributed by atoms with E-state index in [1.54, 1.807) is 35.8 Å². The van der Waals surface area contributed by atoms with Gasteiger partial charge >= 0.3 is 11.9 Å². The minimum Gasteiger partial charge on any atom is -0.508 e. The molecule has 0 fully saturated rings. The molecule has 0 saturated carbocycles. The number of carbonyl (C=O) groups is 3. The summed E-state index contributed by atoms with van der Waals surface area (Å²) in [5.74, 6) is 0.218. The number of ether oxygens (including phenoxy) is 2. The summed E-state index contributed by atoms with van der Waals surface area (Å²) in [6.45, 7) is 7.61. The number of phenols is 1. The molecule has 0 spiro atoms. The fourth-order valence-electron chi connectivity index (χ4n) is 5.63. The van der Waals surface area contributed by atoms with Crippen LogP contribution >= 0.6 is 21.6 Å². The maximum Gasteiger partial charge on any atom is 0.355 e.